The predicted molar refractivity (Wildman–Crippen MR) is 127 cm³/mol. The average Bonchev–Trinajstić information content (AvgIpc) is 3.37. The van der Waals surface area contributed by atoms with Crippen LogP contribution >= 0.6 is 0 Å². The van der Waals surface area contributed by atoms with Crippen LogP contribution in [-0.4, -0.2) is 58.6 Å². The van der Waals surface area contributed by atoms with Crippen molar-refractivity contribution in [1.82, 2.24) is 24.4 Å². The zero-order chi connectivity index (χ0) is 26.7. The molecule has 1 amide bonds. The Labute approximate surface area is 213 Å². The summed E-state index contributed by atoms with van der Waals surface area (Å²) in [5.41, 5.74) is -5.36. The van der Waals surface area contributed by atoms with Gasteiger partial charge in [-0.2, -0.15) is 23.0 Å². The molecule has 2 aromatic rings. The second-order valence-electron chi connectivity index (χ2n) is 10.1. The molecule has 1 aromatic carbocycles. The van der Waals surface area contributed by atoms with E-state index in [0.29, 0.717) is 30.9 Å². The van der Waals surface area contributed by atoms with Crippen LogP contribution in [0.4, 0.5) is 17.6 Å². The van der Waals surface area contributed by atoms with Gasteiger partial charge in [-0.05, 0) is 61.1 Å². The summed E-state index contributed by atoms with van der Waals surface area (Å²) in [7, 11) is -5.77. The van der Waals surface area contributed by atoms with E-state index in [1.807, 2.05) is 0 Å². The Morgan fingerprint density at radius 3 is 2.32 bits per heavy atom. The smallest absolute Gasteiger partial charge is 0.341 e. The number of nitrogens with one attached hydrogen (secondary N) is 1. The highest BCUT2D eigenvalue weighted by Gasteiger charge is 2.49. The van der Waals surface area contributed by atoms with Gasteiger partial charge in [0.2, 0.25) is 5.91 Å². The molecule has 2 aliphatic rings. The Kier molecular flexibility index (Phi) is 8.22. The molecular formula is C24H31F4N5O3S. The highest BCUT2D eigenvalue weighted by atomic mass is 32.2. The van der Waals surface area contributed by atoms with Crippen molar-refractivity contribution < 1.29 is 30.8 Å². The van der Waals surface area contributed by atoms with Crippen LogP contribution in [0.1, 0.15) is 50.5 Å². The Morgan fingerprint density at radius 2 is 1.76 bits per heavy atom. The number of rotatable bonds is 8. The first-order valence-electron chi connectivity index (χ1n) is 12.4. The third-order valence-corrected chi connectivity index (χ3v) is 8.94. The SMILES string of the molecule is O=C([C@H](Cc1ccc(F)cc1)NS(=O)(=O)C(F)(F)F)N1CCC(Cn2cncn2)(C2CCCCC2)CC1. The van der Waals surface area contributed by atoms with Crippen LogP contribution in [0.5, 0.6) is 0 Å². The quantitative estimate of drug-likeness (QED) is 0.511. The van der Waals surface area contributed by atoms with Crippen LogP contribution in [-0.2, 0) is 27.8 Å². The topological polar surface area (TPSA) is 97.2 Å². The highest BCUT2D eigenvalue weighted by molar-refractivity contribution is 7.90. The number of amides is 1. The zero-order valence-corrected chi connectivity index (χ0v) is 21.1. The Balaban J connectivity index is 1.52. The van der Waals surface area contributed by atoms with Crippen molar-refractivity contribution in [3.05, 3.63) is 48.3 Å². The number of hydrogen-bond acceptors (Lipinski definition) is 5. The minimum absolute atomic E-state index is 0.136. The molecule has 204 valence electrons. The number of nitrogens with zero attached hydrogens (tertiary/aromatic N) is 4. The number of carbonyl (C=O) groups is 1. The second-order valence-corrected chi connectivity index (χ2v) is 11.8. The van der Waals surface area contributed by atoms with E-state index in [9.17, 15) is 30.8 Å². The Bertz CT molecular complexity index is 1140. The minimum Gasteiger partial charge on any atom is -0.341 e. The first-order chi connectivity index (χ1) is 17.5. The van der Waals surface area contributed by atoms with Gasteiger partial charge in [-0.3, -0.25) is 9.48 Å². The molecule has 0 unspecified atom stereocenters. The fraction of sp³-hybridized carbons (Fsp3) is 0.625. The van der Waals surface area contributed by atoms with E-state index in [0.717, 1.165) is 37.8 Å². The van der Waals surface area contributed by atoms with Crippen molar-refractivity contribution in [3.8, 4) is 0 Å². The van der Waals surface area contributed by atoms with E-state index < -0.39 is 33.3 Å². The van der Waals surface area contributed by atoms with Gasteiger partial charge in [-0.25, -0.2) is 17.8 Å². The summed E-state index contributed by atoms with van der Waals surface area (Å²) in [6.07, 6.45) is 9.63. The van der Waals surface area contributed by atoms with E-state index in [2.05, 4.69) is 10.1 Å². The number of alkyl halides is 3. The molecule has 4 rings (SSSR count). The number of benzene rings is 1. The van der Waals surface area contributed by atoms with E-state index in [-0.39, 0.29) is 24.9 Å². The van der Waals surface area contributed by atoms with Gasteiger partial charge in [0, 0.05) is 19.6 Å². The highest BCUT2D eigenvalue weighted by Crippen LogP contribution is 2.47. The number of sulfonamides is 1. The fourth-order valence-corrected chi connectivity index (χ4v) is 6.42. The van der Waals surface area contributed by atoms with E-state index in [4.69, 9.17) is 0 Å². The van der Waals surface area contributed by atoms with Gasteiger partial charge in [0.15, 0.2) is 0 Å². The number of piperidine rings is 1. The normalized spacial score (nSPS) is 20.1. The molecule has 1 saturated carbocycles. The summed E-state index contributed by atoms with van der Waals surface area (Å²) < 4.78 is 79.9. The largest absolute Gasteiger partial charge is 0.511 e. The van der Waals surface area contributed by atoms with Crippen molar-refractivity contribution in [2.75, 3.05) is 13.1 Å². The van der Waals surface area contributed by atoms with Crippen LogP contribution in [0.25, 0.3) is 0 Å². The standard InChI is InChI=1S/C24H31F4N5O3S/c25-20-8-6-18(7-9-20)14-21(31-37(35,36)24(26,27)28)22(34)32-12-10-23(11-13-32,15-33-17-29-16-30-33)19-4-2-1-3-5-19/h6-9,16-17,19,21,31H,1-5,10-15H2/t21-/m0/s1. The molecule has 8 nitrogen and oxygen atoms in total. The van der Waals surface area contributed by atoms with E-state index >= 15 is 0 Å². The maximum absolute atomic E-state index is 13.4. The summed E-state index contributed by atoms with van der Waals surface area (Å²) in [5, 5.41) is 4.26. The average molecular weight is 546 g/mol. The summed E-state index contributed by atoms with van der Waals surface area (Å²) in [6.45, 7) is 1.22. The van der Waals surface area contributed by atoms with E-state index in [1.165, 1.54) is 29.8 Å². The summed E-state index contributed by atoms with van der Waals surface area (Å²) in [6, 6.07) is 3.19. The molecule has 37 heavy (non-hydrogen) atoms. The lowest BCUT2D eigenvalue weighted by atomic mass is 9.63. The second kappa shape index (κ2) is 11.1. The molecule has 1 N–H and O–H groups in total. The number of hydrogen-bond donors (Lipinski definition) is 1. The monoisotopic (exact) mass is 545 g/mol. The molecule has 1 atom stereocenters. The fourth-order valence-electron chi connectivity index (χ4n) is 5.73. The third-order valence-electron chi connectivity index (χ3n) is 7.74. The van der Waals surface area contributed by atoms with Crippen LogP contribution in [0.15, 0.2) is 36.9 Å². The van der Waals surface area contributed by atoms with Crippen molar-refractivity contribution in [2.45, 2.75) is 69.5 Å². The summed E-state index contributed by atoms with van der Waals surface area (Å²) in [5.74, 6) is -0.846. The number of likely N-dealkylation sites (tertiary alicyclic amines) is 1. The molecule has 1 aromatic heterocycles. The predicted octanol–water partition coefficient (Wildman–Crippen LogP) is 3.66. The van der Waals surface area contributed by atoms with Crippen molar-refractivity contribution in [1.29, 1.82) is 0 Å². The molecule has 0 bridgehead atoms. The maximum Gasteiger partial charge on any atom is 0.511 e. The van der Waals surface area contributed by atoms with Gasteiger partial charge in [-0.15, -0.1) is 0 Å². The lowest BCUT2D eigenvalue weighted by molar-refractivity contribution is -0.136. The molecular weight excluding hydrogens is 514 g/mol. The van der Waals surface area contributed by atoms with Gasteiger partial charge in [0.05, 0.1) is 0 Å². The zero-order valence-electron chi connectivity index (χ0n) is 20.3. The molecule has 0 radical (unpaired) electrons. The van der Waals surface area contributed by atoms with Crippen LogP contribution in [0.2, 0.25) is 0 Å². The van der Waals surface area contributed by atoms with Gasteiger partial charge < -0.3 is 4.90 Å². The van der Waals surface area contributed by atoms with Crippen LogP contribution < -0.4 is 4.72 Å². The number of carbonyl (C=O) groups excluding carboxylic acids is 1. The first-order valence-corrected chi connectivity index (χ1v) is 13.9. The molecule has 13 heteroatoms. The minimum atomic E-state index is -5.77. The Hall–Kier alpha value is -2.54. The lowest BCUT2D eigenvalue weighted by Crippen LogP contribution is -2.56. The molecule has 1 saturated heterocycles. The van der Waals surface area contributed by atoms with Gasteiger partial charge in [0.1, 0.15) is 24.5 Å². The summed E-state index contributed by atoms with van der Waals surface area (Å²) in [4.78, 5) is 18.9. The number of aromatic nitrogens is 3. The number of halogens is 4. The molecule has 2 fully saturated rings. The van der Waals surface area contributed by atoms with Crippen molar-refractivity contribution in [3.63, 3.8) is 0 Å². The van der Waals surface area contributed by atoms with E-state index in [1.54, 1.807) is 15.7 Å². The third kappa shape index (κ3) is 6.49. The van der Waals surface area contributed by atoms with Crippen molar-refractivity contribution in [2.24, 2.45) is 11.3 Å². The molecule has 1 aliphatic heterocycles. The van der Waals surface area contributed by atoms with Gasteiger partial charge in [0.25, 0.3) is 0 Å². The van der Waals surface area contributed by atoms with Gasteiger partial charge >= 0.3 is 15.5 Å². The summed E-state index contributed by atoms with van der Waals surface area (Å²) >= 11 is 0. The first kappa shape index (κ1) is 27.5. The lowest BCUT2D eigenvalue weighted by Gasteiger charge is -2.48. The van der Waals surface area contributed by atoms with Crippen LogP contribution in [0, 0.1) is 17.2 Å². The maximum atomic E-state index is 13.4. The van der Waals surface area contributed by atoms with Gasteiger partial charge in [-0.1, -0.05) is 31.4 Å². The molecule has 0 spiro atoms. The Morgan fingerprint density at radius 1 is 1.11 bits per heavy atom. The van der Waals surface area contributed by atoms with Crippen molar-refractivity contribution >= 4 is 15.9 Å². The molecule has 2 heterocycles. The molecule has 1 aliphatic carbocycles. The van der Waals surface area contributed by atoms with Crippen LogP contribution in [0.3, 0.4) is 0 Å².